The van der Waals surface area contributed by atoms with Gasteiger partial charge < -0.3 is 9.64 Å². The summed E-state index contributed by atoms with van der Waals surface area (Å²) in [5.41, 5.74) is 4.93. The second-order valence-electron chi connectivity index (χ2n) is 6.56. The fourth-order valence-corrected chi connectivity index (χ4v) is 4.36. The van der Waals surface area contributed by atoms with Crippen LogP contribution in [0, 0.1) is 5.92 Å². The number of hydrogen-bond acceptors (Lipinski definition) is 3. The minimum Gasteiger partial charge on any atom is -0.469 e. The molecule has 24 heavy (non-hydrogen) atoms. The largest absolute Gasteiger partial charge is 0.469 e. The van der Waals surface area contributed by atoms with Gasteiger partial charge >= 0.3 is 5.97 Å². The van der Waals surface area contributed by atoms with Crippen molar-refractivity contribution >= 4 is 23.3 Å². The number of hydrogen-bond donors (Lipinski definition) is 0. The van der Waals surface area contributed by atoms with Crippen molar-refractivity contribution in [1.29, 1.82) is 0 Å². The number of benzene rings is 2. The number of rotatable bonds is 1. The van der Waals surface area contributed by atoms with Crippen molar-refractivity contribution in [3.8, 4) is 0 Å². The Morgan fingerprint density at radius 3 is 2.88 bits per heavy atom. The van der Waals surface area contributed by atoms with E-state index in [1.807, 2.05) is 12.1 Å². The Bertz CT molecular complexity index is 789. The van der Waals surface area contributed by atoms with Crippen LogP contribution in [-0.4, -0.2) is 19.6 Å². The highest BCUT2D eigenvalue weighted by atomic mass is 35.5. The Labute approximate surface area is 147 Å². The number of methoxy groups -OCH3 is 1. The molecule has 2 aliphatic heterocycles. The summed E-state index contributed by atoms with van der Waals surface area (Å²) in [4.78, 5) is 14.8. The SMILES string of the molecule is COC(=O)[C@H]1CCCN2c3cc(Cl)ccc3Cc3ccccc3[C@@H]12. The first-order chi connectivity index (χ1) is 11.7. The minimum absolute atomic E-state index is 0.0158. The predicted molar refractivity (Wildman–Crippen MR) is 95.5 cm³/mol. The number of carbonyl (C=O) groups is 1. The van der Waals surface area contributed by atoms with E-state index in [4.69, 9.17) is 16.3 Å². The Morgan fingerprint density at radius 1 is 1.21 bits per heavy atom. The molecule has 2 aromatic rings. The zero-order valence-electron chi connectivity index (χ0n) is 13.7. The molecule has 1 fully saturated rings. The maximum Gasteiger partial charge on any atom is 0.311 e. The van der Waals surface area contributed by atoms with Crippen LogP contribution in [0.1, 0.15) is 35.6 Å². The molecule has 1 saturated heterocycles. The summed E-state index contributed by atoms with van der Waals surface area (Å²) in [5, 5.41) is 0.735. The van der Waals surface area contributed by atoms with Gasteiger partial charge in [0, 0.05) is 17.3 Å². The van der Waals surface area contributed by atoms with Crippen LogP contribution in [0.3, 0.4) is 0 Å². The highest BCUT2D eigenvalue weighted by Crippen LogP contribution is 2.45. The van der Waals surface area contributed by atoms with E-state index in [0.29, 0.717) is 0 Å². The van der Waals surface area contributed by atoms with Gasteiger partial charge in [-0.25, -0.2) is 0 Å². The van der Waals surface area contributed by atoms with Crippen molar-refractivity contribution in [2.45, 2.75) is 25.3 Å². The van der Waals surface area contributed by atoms with Crippen LogP contribution < -0.4 is 4.90 Å². The Morgan fingerprint density at radius 2 is 2.04 bits per heavy atom. The second-order valence-corrected chi connectivity index (χ2v) is 7.00. The predicted octanol–water partition coefficient (Wildman–Crippen LogP) is 4.37. The lowest BCUT2D eigenvalue weighted by atomic mass is 9.83. The van der Waals surface area contributed by atoms with Gasteiger partial charge in [0.25, 0.3) is 0 Å². The van der Waals surface area contributed by atoms with Crippen LogP contribution in [0.5, 0.6) is 0 Å². The molecule has 2 aliphatic rings. The summed E-state index contributed by atoms with van der Waals surface area (Å²) < 4.78 is 5.11. The Balaban J connectivity index is 1.92. The van der Waals surface area contributed by atoms with Gasteiger partial charge in [0.1, 0.15) is 0 Å². The molecule has 0 saturated carbocycles. The van der Waals surface area contributed by atoms with E-state index < -0.39 is 0 Å². The first-order valence-electron chi connectivity index (χ1n) is 8.39. The van der Waals surface area contributed by atoms with Gasteiger partial charge in [-0.15, -0.1) is 0 Å². The van der Waals surface area contributed by atoms with Crippen molar-refractivity contribution in [2.24, 2.45) is 5.92 Å². The molecule has 0 aliphatic carbocycles. The molecular weight excluding hydrogens is 322 g/mol. The number of ether oxygens (including phenoxy) is 1. The van der Waals surface area contributed by atoms with Crippen LogP contribution >= 0.6 is 11.6 Å². The number of esters is 1. The van der Waals surface area contributed by atoms with E-state index in [1.165, 1.54) is 23.8 Å². The van der Waals surface area contributed by atoms with Crippen molar-refractivity contribution in [1.82, 2.24) is 0 Å². The van der Waals surface area contributed by atoms with Gasteiger partial charge in [0.15, 0.2) is 0 Å². The van der Waals surface area contributed by atoms with Crippen LogP contribution in [0.25, 0.3) is 0 Å². The topological polar surface area (TPSA) is 29.5 Å². The van der Waals surface area contributed by atoms with Gasteiger partial charge in [-0.1, -0.05) is 41.9 Å². The average Bonchev–Trinajstić information content (AvgIpc) is 2.75. The minimum atomic E-state index is -0.144. The zero-order chi connectivity index (χ0) is 16.7. The number of nitrogens with zero attached hydrogens (tertiary/aromatic N) is 1. The molecule has 0 N–H and O–H groups in total. The fourth-order valence-electron chi connectivity index (χ4n) is 4.19. The van der Waals surface area contributed by atoms with Crippen molar-refractivity contribution in [2.75, 3.05) is 18.6 Å². The van der Waals surface area contributed by atoms with E-state index >= 15 is 0 Å². The Kier molecular flexibility index (Phi) is 3.97. The summed E-state index contributed by atoms with van der Waals surface area (Å²) in [6.45, 7) is 0.930. The molecule has 0 radical (unpaired) electrons. The van der Waals surface area contributed by atoms with Gasteiger partial charge in [-0.3, -0.25) is 4.79 Å². The van der Waals surface area contributed by atoms with Crippen LogP contribution in [0.15, 0.2) is 42.5 Å². The van der Waals surface area contributed by atoms with Crippen LogP contribution in [0.4, 0.5) is 5.69 Å². The van der Waals surface area contributed by atoms with Crippen LogP contribution in [0.2, 0.25) is 5.02 Å². The number of anilines is 1. The van der Waals surface area contributed by atoms with Crippen molar-refractivity contribution < 1.29 is 9.53 Å². The Hall–Kier alpha value is -2.00. The molecule has 4 rings (SSSR count). The van der Waals surface area contributed by atoms with Crippen LogP contribution in [-0.2, 0) is 16.0 Å². The molecule has 0 unspecified atom stereocenters. The third-order valence-electron chi connectivity index (χ3n) is 5.25. The standard InChI is InChI=1S/C20H20ClNO2/c1-24-20(23)17-7-4-10-22-18-12-15(21)9-8-14(18)11-13-5-2-3-6-16(13)19(17)22/h2-3,5-6,8-9,12,17,19H,4,7,10-11H2,1H3/t17-,19-/m0/s1. The monoisotopic (exact) mass is 341 g/mol. The maximum absolute atomic E-state index is 12.4. The van der Waals surface area contributed by atoms with E-state index in [2.05, 4.69) is 35.2 Å². The number of fused-ring (bicyclic) bond motifs is 5. The summed E-state index contributed by atoms with van der Waals surface area (Å²) in [5.74, 6) is -0.264. The molecule has 0 amide bonds. The first kappa shape index (κ1) is 15.5. The lowest BCUT2D eigenvalue weighted by molar-refractivity contribution is -0.147. The number of carbonyl (C=O) groups excluding carboxylic acids is 1. The molecule has 2 heterocycles. The molecule has 124 valence electrons. The maximum atomic E-state index is 12.4. The normalized spacial score (nSPS) is 22.0. The molecule has 0 spiro atoms. The second kappa shape index (κ2) is 6.14. The molecule has 2 aromatic carbocycles. The van der Waals surface area contributed by atoms with Gasteiger partial charge in [-0.2, -0.15) is 0 Å². The number of piperidine rings is 1. The van der Waals surface area contributed by atoms with Gasteiger partial charge in [-0.05, 0) is 48.1 Å². The quantitative estimate of drug-likeness (QED) is 0.721. The molecule has 2 atom stereocenters. The first-order valence-corrected chi connectivity index (χ1v) is 8.77. The molecule has 3 nitrogen and oxygen atoms in total. The smallest absolute Gasteiger partial charge is 0.311 e. The fraction of sp³-hybridized carbons (Fsp3) is 0.350. The average molecular weight is 342 g/mol. The lowest BCUT2D eigenvalue weighted by Gasteiger charge is -2.42. The summed E-state index contributed by atoms with van der Waals surface area (Å²) in [7, 11) is 1.48. The zero-order valence-corrected chi connectivity index (χ0v) is 14.4. The molecule has 4 heteroatoms. The highest BCUT2D eigenvalue weighted by Gasteiger charge is 2.40. The molecule has 0 aromatic heterocycles. The number of halogens is 1. The van der Waals surface area contributed by atoms with E-state index in [-0.39, 0.29) is 17.9 Å². The highest BCUT2D eigenvalue weighted by molar-refractivity contribution is 6.30. The van der Waals surface area contributed by atoms with Gasteiger partial charge in [0.05, 0.1) is 19.1 Å². The van der Waals surface area contributed by atoms with Gasteiger partial charge in [0.2, 0.25) is 0 Å². The summed E-state index contributed by atoms with van der Waals surface area (Å²) in [6.07, 6.45) is 2.70. The molecular formula is C20H20ClNO2. The van der Waals surface area contributed by atoms with E-state index in [0.717, 1.165) is 36.5 Å². The summed E-state index contributed by atoms with van der Waals surface area (Å²) >= 11 is 6.28. The lowest BCUT2D eigenvalue weighted by Crippen LogP contribution is -2.42. The third kappa shape index (κ3) is 2.48. The van der Waals surface area contributed by atoms with Crippen molar-refractivity contribution in [3.05, 3.63) is 64.2 Å². The van der Waals surface area contributed by atoms with Crippen molar-refractivity contribution in [3.63, 3.8) is 0 Å². The third-order valence-corrected chi connectivity index (χ3v) is 5.48. The summed E-state index contributed by atoms with van der Waals surface area (Å²) in [6, 6.07) is 14.6. The van der Waals surface area contributed by atoms with E-state index in [1.54, 1.807) is 0 Å². The van der Waals surface area contributed by atoms with E-state index in [9.17, 15) is 4.79 Å². The molecule has 0 bridgehead atoms.